The van der Waals surface area contributed by atoms with E-state index in [4.69, 9.17) is 16.3 Å². The molecule has 1 aliphatic heterocycles. The van der Waals surface area contributed by atoms with Crippen LogP contribution >= 0.6 is 11.6 Å². The van der Waals surface area contributed by atoms with E-state index in [9.17, 15) is 5.11 Å². The van der Waals surface area contributed by atoms with Gasteiger partial charge in [-0.15, -0.1) is 0 Å². The van der Waals surface area contributed by atoms with E-state index in [2.05, 4.69) is 11.8 Å². The van der Waals surface area contributed by atoms with E-state index in [0.29, 0.717) is 19.8 Å². The highest BCUT2D eigenvalue weighted by molar-refractivity contribution is 6.30. The normalized spacial score (nSPS) is 21.9. The SMILES string of the molecule is CC1CCCN(CC(O)COCc2ccc(Cl)cc2)C1. The summed E-state index contributed by atoms with van der Waals surface area (Å²) in [5.74, 6) is 0.742. The third kappa shape index (κ3) is 5.41. The molecule has 1 aliphatic rings. The largest absolute Gasteiger partial charge is 0.389 e. The summed E-state index contributed by atoms with van der Waals surface area (Å²) in [6, 6.07) is 7.60. The van der Waals surface area contributed by atoms with Crippen molar-refractivity contribution >= 4 is 11.6 Å². The average molecular weight is 298 g/mol. The van der Waals surface area contributed by atoms with Crippen LogP contribution in [-0.4, -0.2) is 42.4 Å². The van der Waals surface area contributed by atoms with Crippen LogP contribution in [0.5, 0.6) is 0 Å². The Bertz CT molecular complexity index is 396. The predicted octanol–water partition coefficient (Wildman–Crippen LogP) is 2.95. The van der Waals surface area contributed by atoms with Crippen molar-refractivity contribution in [3.05, 3.63) is 34.9 Å². The van der Waals surface area contributed by atoms with Gasteiger partial charge in [-0.25, -0.2) is 0 Å². The lowest BCUT2D eigenvalue weighted by atomic mass is 10.0. The molecule has 1 N–H and O–H groups in total. The number of benzene rings is 1. The van der Waals surface area contributed by atoms with Crippen LogP contribution in [0.15, 0.2) is 24.3 Å². The van der Waals surface area contributed by atoms with E-state index in [0.717, 1.165) is 29.6 Å². The highest BCUT2D eigenvalue weighted by Crippen LogP contribution is 2.15. The Morgan fingerprint density at radius 2 is 2.15 bits per heavy atom. The van der Waals surface area contributed by atoms with E-state index in [1.807, 2.05) is 24.3 Å². The molecule has 2 atom stereocenters. The molecule has 20 heavy (non-hydrogen) atoms. The standard InChI is InChI=1S/C16H24ClNO2/c1-13-3-2-8-18(9-13)10-16(19)12-20-11-14-4-6-15(17)7-5-14/h4-7,13,16,19H,2-3,8-12H2,1H3. The second kappa shape index (κ2) is 7.99. The lowest BCUT2D eigenvalue weighted by Crippen LogP contribution is -2.40. The molecule has 3 nitrogen and oxygen atoms in total. The van der Waals surface area contributed by atoms with Crippen LogP contribution in [-0.2, 0) is 11.3 Å². The monoisotopic (exact) mass is 297 g/mol. The average Bonchev–Trinajstić information content (AvgIpc) is 2.41. The van der Waals surface area contributed by atoms with Crippen LogP contribution in [0.2, 0.25) is 5.02 Å². The highest BCUT2D eigenvalue weighted by atomic mass is 35.5. The van der Waals surface area contributed by atoms with Crippen molar-refractivity contribution in [1.82, 2.24) is 4.90 Å². The topological polar surface area (TPSA) is 32.7 Å². The molecule has 1 aromatic carbocycles. The van der Waals surface area contributed by atoms with E-state index in [1.165, 1.54) is 12.8 Å². The van der Waals surface area contributed by atoms with Gasteiger partial charge in [0.25, 0.3) is 0 Å². The fourth-order valence-electron chi connectivity index (χ4n) is 2.70. The Morgan fingerprint density at radius 3 is 2.85 bits per heavy atom. The molecule has 1 aromatic rings. The Morgan fingerprint density at radius 1 is 1.40 bits per heavy atom. The lowest BCUT2D eigenvalue weighted by Gasteiger charge is -2.32. The number of piperidine rings is 1. The first-order chi connectivity index (χ1) is 9.63. The van der Waals surface area contributed by atoms with Gasteiger partial charge in [-0.2, -0.15) is 0 Å². The van der Waals surface area contributed by atoms with E-state index in [1.54, 1.807) is 0 Å². The number of rotatable bonds is 6. The third-order valence-electron chi connectivity index (χ3n) is 3.70. The zero-order valence-corrected chi connectivity index (χ0v) is 12.9. The van der Waals surface area contributed by atoms with Gasteiger partial charge >= 0.3 is 0 Å². The minimum Gasteiger partial charge on any atom is -0.389 e. The van der Waals surface area contributed by atoms with Gasteiger partial charge < -0.3 is 14.7 Å². The Hall–Kier alpha value is -0.610. The predicted molar refractivity (Wildman–Crippen MR) is 82.0 cm³/mol. The summed E-state index contributed by atoms with van der Waals surface area (Å²) in [7, 11) is 0. The summed E-state index contributed by atoms with van der Waals surface area (Å²) in [6.45, 7) is 6.07. The Balaban J connectivity index is 1.64. The van der Waals surface area contributed by atoms with Crippen molar-refractivity contribution in [2.24, 2.45) is 5.92 Å². The number of aliphatic hydroxyl groups excluding tert-OH is 1. The molecule has 2 unspecified atom stereocenters. The molecule has 0 radical (unpaired) electrons. The van der Waals surface area contributed by atoms with Crippen LogP contribution in [0.3, 0.4) is 0 Å². The van der Waals surface area contributed by atoms with Gasteiger partial charge in [-0.05, 0) is 43.0 Å². The van der Waals surface area contributed by atoms with Crippen LogP contribution in [0, 0.1) is 5.92 Å². The van der Waals surface area contributed by atoms with Gasteiger partial charge in [0.1, 0.15) is 0 Å². The molecule has 1 saturated heterocycles. The summed E-state index contributed by atoms with van der Waals surface area (Å²) in [4.78, 5) is 2.34. The van der Waals surface area contributed by atoms with Crippen molar-refractivity contribution in [2.45, 2.75) is 32.5 Å². The maximum absolute atomic E-state index is 10.0. The number of likely N-dealkylation sites (tertiary alicyclic amines) is 1. The maximum Gasteiger partial charge on any atom is 0.0900 e. The second-order valence-electron chi connectivity index (χ2n) is 5.80. The summed E-state index contributed by atoms with van der Waals surface area (Å²) >= 11 is 5.83. The molecule has 0 aromatic heterocycles. The van der Waals surface area contributed by atoms with Crippen molar-refractivity contribution in [2.75, 3.05) is 26.2 Å². The van der Waals surface area contributed by atoms with Gasteiger partial charge in [-0.1, -0.05) is 30.7 Å². The summed E-state index contributed by atoms with van der Waals surface area (Å²) in [6.07, 6.45) is 2.13. The molecule has 4 heteroatoms. The smallest absolute Gasteiger partial charge is 0.0900 e. The zero-order chi connectivity index (χ0) is 14.4. The minimum absolute atomic E-state index is 0.382. The molecule has 0 spiro atoms. The summed E-state index contributed by atoms with van der Waals surface area (Å²) in [5.41, 5.74) is 1.08. The Kier molecular flexibility index (Phi) is 6.30. The lowest BCUT2D eigenvalue weighted by molar-refractivity contribution is 0.00377. The van der Waals surface area contributed by atoms with Crippen LogP contribution < -0.4 is 0 Å². The number of β-amino-alcohol motifs (C(OH)–C–C–N with tert-alkyl or cyclic N) is 1. The first-order valence-corrected chi connectivity index (χ1v) is 7.74. The van der Waals surface area contributed by atoms with Gasteiger partial charge in [0.2, 0.25) is 0 Å². The molecule has 0 amide bonds. The molecule has 0 bridgehead atoms. The van der Waals surface area contributed by atoms with E-state index >= 15 is 0 Å². The molecule has 1 heterocycles. The van der Waals surface area contributed by atoms with Gasteiger partial charge in [-0.3, -0.25) is 0 Å². The fraction of sp³-hybridized carbons (Fsp3) is 0.625. The van der Waals surface area contributed by atoms with Gasteiger partial charge in [0.15, 0.2) is 0 Å². The first-order valence-electron chi connectivity index (χ1n) is 7.36. The van der Waals surface area contributed by atoms with Crippen molar-refractivity contribution in [1.29, 1.82) is 0 Å². The van der Waals surface area contributed by atoms with Crippen molar-refractivity contribution < 1.29 is 9.84 Å². The van der Waals surface area contributed by atoms with E-state index in [-0.39, 0.29) is 0 Å². The molecular weight excluding hydrogens is 274 g/mol. The number of nitrogens with zero attached hydrogens (tertiary/aromatic N) is 1. The van der Waals surface area contributed by atoms with Gasteiger partial charge in [0, 0.05) is 18.1 Å². The molecular formula is C16H24ClNO2. The number of hydrogen-bond acceptors (Lipinski definition) is 3. The maximum atomic E-state index is 10.0. The quantitative estimate of drug-likeness (QED) is 0.876. The van der Waals surface area contributed by atoms with Crippen LogP contribution in [0.1, 0.15) is 25.3 Å². The number of ether oxygens (including phenoxy) is 1. The molecule has 1 fully saturated rings. The first kappa shape index (κ1) is 15.8. The third-order valence-corrected chi connectivity index (χ3v) is 3.95. The summed E-state index contributed by atoms with van der Waals surface area (Å²) < 4.78 is 5.57. The summed E-state index contributed by atoms with van der Waals surface area (Å²) in [5, 5.41) is 10.8. The number of aliphatic hydroxyl groups is 1. The number of halogens is 1. The van der Waals surface area contributed by atoms with Crippen molar-refractivity contribution in [3.63, 3.8) is 0 Å². The second-order valence-corrected chi connectivity index (χ2v) is 6.24. The van der Waals surface area contributed by atoms with Gasteiger partial charge in [0.05, 0.1) is 19.3 Å². The Labute approximate surface area is 126 Å². The number of hydrogen-bond donors (Lipinski definition) is 1. The van der Waals surface area contributed by atoms with Crippen molar-refractivity contribution in [3.8, 4) is 0 Å². The minimum atomic E-state index is -0.410. The van der Waals surface area contributed by atoms with Crippen LogP contribution in [0.4, 0.5) is 0 Å². The van der Waals surface area contributed by atoms with E-state index < -0.39 is 6.10 Å². The molecule has 0 aliphatic carbocycles. The molecule has 0 saturated carbocycles. The highest BCUT2D eigenvalue weighted by Gasteiger charge is 2.18. The molecule has 2 rings (SSSR count). The zero-order valence-electron chi connectivity index (χ0n) is 12.1. The van der Waals surface area contributed by atoms with Crippen LogP contribution in [0.25, 0.3) is 0 Å². The fourth-order valence-corrected chi connectivity index (χ4v) is 2.82. The molecule has 112 valence electrons.